The quantitative estimate of drug-likeness (QED) is 0.348. The van der Waals surface area contributed by atoms with Gasteiger partial charge in [-0.1, -0.05) is 24.3 Å². The zero-order valence-corrected chi connectivity index (χ0v) is 18.3. The van der Waals surface area contributed by atoms with Crippen molar-refractivity contribution in [3.05, 3.63) is 36.2 Å². The molecule has 5 unspecified atom stereocenters. The van der Waals surface area contributed by atoms with Gasteiger partial charge < -0.3 is 30.4 Å². The lowest BCUT2D eigenvalue weighted by Crippen LogP contribution is -2.64. The van der Waals surface area contributed by atoms with Crippen LogP contribution in [0.5, 0.6) is 0 Å². The van der Waals surface area contributed by atoms with Crippen LogP contribution in [-0.2, 0) is 9.53 Å². The highest BCUT2D eigenvalue weighted by atomic mass is 19.4. The molecule has 5 atom stereocenters. The number of rotatable bonds is 7. The number of carboxylic acid groups (broad SMARTS) is 1. The number of aliphatic hydroxyl groups excluding tert-OH is 2. The maximum Gasteiger partial charge on any atom is 0.454 e. The molecule has 0 aliphatic carbocycles. The van der Waals surface area contributed by atoms with E-state index in [4.69, 9.17) is 15.5 Å². The van der Waals surface area contributed by atoms with E-state index in [0.717, 1.165) is 10.8 Å². The van der Waals surface area contributed by atoms with Crippen molar-refractivity contribution in [2.45, 2.75) is 55.2 Å². The van der Waals surface area contributed by atoms with Gasteiger partial charge in [-0.25, -0.2) is 9.18 Å². The number of benzene rings is 1. The van der Waals surface area contributed by atoms with Crippen molar-refractivity contribution in [1.29, 1.82) is 5.26 Å². The van der Waals surface area contributed by atoms with Crippen LogP contribution in [0.2, 0.25) is 0 Å². The number of carboxylic acids is 1. The van der Waals surface area contributed by atoms with Crippen LogP contribution in [0.3, 0.4) is 0 Å². The lowest BCUT2D eigenvalue weighted by Gasteiger charge is -2.42. The summed E-state index contributed by atoms with van der Waals surface area (Å²) in [6, 6.07) is 8.13. The Hall–Kier alpha value is -2.93. The largest absolute Gasteiger partial charge is 0.477 e. The highest BCUT2D eigenvalue weighted by Gasteiger charge is 2.60. The van der Waals surface area contributed by atoms with E-state index in [1.807, 2.05) is 30.5 Å². The number of hydrogen-bond acceptors (Lipinski definition) is 6. The Kier molecular flexibility index (Phi) is 9.29. The van der Waals surface area contributed by atoms with Gasteiger partial charge in [-0.05, 0) is 6.42 Å². The lowest BCUT2D eigenvalue weighted by atomic mass is 9.91. The standard InChI is InChI=1S/C12H16F7NO5.C9H6N2/c13-7-3-5(20-4-10(14,15)12(17,18)19)8(6(22)1-2-21)25-11(7,16)9(23)24;10-5-9-8-4-2-1-3-7(8)6-11-9/h5-8,20-22H,1-4H2,(H,23,24);1-4,6,11H. The van der Waals surface area contributed by atoms with Crippen molar-refractivity contribution in [2.75, 3.05) is 13.2 Å². The van der Waals surface area contributed by atoms with Crippen LogP contribution in [-0.4, -0.2) is 81.8 Å². The van der Waals surface area contributed by atoms with Gasteiger partial charge in [-0.3, -0.25) is 0 Å². The fourth-order valence-corrected chi connectivity index (χ4v) is 3.42. The zero-order valence-electron chi connectivity index (χ0n) is 18.3. The third-order valence-electron chi connectivity index (χ3n) is 5.38. The summed E-state index contributed by atoms with van der Waals surface area (Å²) in [5.41, 5.74) is 0.639. The SMILES string of the molecule is N#Cc1[nH]cc2ccccc12.O=C(O)C1(F)OC(C(O)CCO)C(NCC(F)(F)C(F)(F)F)CC1F. The average molecular weight is 529 g/mol. The predicted molar refractivity (Wildman–Crippen MR) is 109 cm³/mol. The molecule has 0 bridgehead atoms. The molecule has 2 heterocycles. The van der Waals surface area contributed by atoms with Gasteiger partial charge >= 0.3 is 23.9 Å². The Morgan fingerprint density at radius 1 is 1.31 bits per heavy atom. The Bertz CT molecular complexity index is 1070. The number of aliphatic hydroxyl groups is 2. The minimum absolute atomic E-state index is 0.537. The molecule has 200 valence electrons. The number of aliphatic carboxylic acids is 1. The predicted octanol–water partition coefficient (Wildman–Crippen LogP) is 2.80. The molecule has 0 radical (unpaired) electrons. The molecule has 2 aromatic rings. The molecule has 1 aliphatic rings. The number of halogens is 7. The first-order valence-electron chi connectivity index (χ1n) is 10.3. The molecule has 0 spiro atoms. The molecule has 1 aromatic heterocycles. The van der Waals surface area contributed by atoms with Gasteiger partial charge in [0.15, 0.2) is 6.17 Å². The van der Waals surface area contributed by atoms with Crippen molar-refractivity contribution >= 4 is 16.7 Å². The molecule has 1 aliphatic heterocycles. The maximum atomic E-state index is 14.0. The van der Waals surface area contributed by atoms with Gasteiger partial charge in [0.05, 0.1) is 12.6 Å². The third-order valence-corrected chi connectivity index (χ3v) is 5.38. The van der Waals surface area contributed by atoms with E-state index in [0.29, 0.717) is 5.69 Å². The van der Waals surface area contributed by atoms with Crippen LogP contribution in [0.1, 0.15) is 18.5 Å². The molecule has 1 aromatic carbocycles. The normalized spacial score (nSPS) is 25.5. The number of nitrogens with one attached hydrogen (secondary N) is 2. The fraction of sp³-hybridized carbons (Fsp3) is 0.524. The number of H-pyrrole nitrogens is 1. The first kappa shape index (κ1) is 29.3. The van der Waals surface area contributed by atoms with Crippen LogP contribution in [0.25, 0.3) is 10.8 Å². The number of alkyl halides is 7. The van der Waals surface area contributed by atoms with Crippen molar-refractivity contribution < 1.29 is 55.6 Å². The van der Waals surface area contributed by atoms with E-state index in [2.05, 4.69) is 15.8 Å². The summed E-state index contributed by atoms with van der Waals surface area (Å²) in [4.78, 5) is 13.7. The molecule has 36 heavy (non-hydrogen) atoms. The molecule has 8 nitrogen and oxygen atoms in total. The van der Waals surface area contributed by atoms with E-state index in [-0.39, 0.29) is 0 Å². The van der Waals surface area contributed by atoms with Crippen LogP contribution >= 0.6 is 0 Å². The molecule has 0 amide bonds. The van der Waals surface area contributed by atoms with Crippen molar-refractivity contribution in [2.24, 2.45) is 0 Å². The number of hydrogen-bond donors (Lipinski definition) is 5. The van der Waals surface area contributed by atoms with E-state index >= 15 is 0 Å². The van der Waals surface area contributed by atoms with Crippen LogP contribution < -0.4 is 5.32 Å². The second kappa shape index (κ2) is 11.4. The second-order valence-corrected chi connectivity index (χ2v) is 7.87. The van der Waals surface area contributed by atoms with Crippen LogP contribution in [0.15, 0.2) is 30.5 Å². The number of aromatic amines is 1. The van der Waals surface area contributed by atoms with E-state index in [1.54, 1.807) is 5.32 Å². The lowest BCUT2D eigenvalue weighted by molar-refractivity contribution is -0.285. The highest BCUT2D eigenvalue weighted by Crippen LogP contribution is 2.38. The van der Waals surface area contributed by atoms with Crippen LogP contribution in [0.4, 0.5) is 30.7 Å². The summed E-state index contributed by atoms with van der Waals surface area (Å²) < 4.78 is 94.5. The molecule has 0 saturated carbocycles. The highest BCUT2D eigenvalue weighted by molar-refractivity contribution is 5.87. The van der Waals surface area contributed by atoms with E-state index in [1.165, 1.54) is 0 Å². The minimum atomic E-state index is -5.91. The summed E-state index contributed by atoms with van der Waals surface area (Å²) in [5, 5.41) is 39.5. The second-order valence-electron chi connectivity index (χ2n) is 7.87. The first-order chi connectivity index (χ1) is 16.7. The topological polar surface area (TPSA) is 139 Å². The average Bonchev–Trinajstić information content (AvgIpc) is 3.22. The number of aromatic nitrogens is 1. The van der Waals surface area contributed by atoms with Gasteiger partial charge in [0.25, 0.3) is 0 Å². The van der Waals surface area contributed by atoms with Crippen LogP contribution in [0, 0.1) is 11.3 Å². The van der Waals surface area contributed by atoms with Gasteiger partial charge in [0.2, 0.25) is 0 Å². The molecular weight excluding hydrogens is 507 g/mol. The molecule has 1 saturated heterocycles. The summed E-state index contributed by atoms with van der Waals surface area (Å²) in [5.74, 6) is -11.5. The number of fused-ring (bicyclic) bond motifs is 1. The Morgan fingerprint density at radius 3 is 2.50 bits per heavy atom. The Labute approximate surface area is 199 Å². The molecule has 3 rings (SSSR count). The fourth-order valence-electron chi connectivity index (χ4n) is 3.42. The minimum Gasteiger partial charge on any atom is -0.477 e. The number of nitriles is 1. The first-order valence-corrected chi connectivity index (χ1v) is 10.3. The Balaban J connectivity index is 0.000000340. The van der Waals surface area contributed by atoms with E-state index in [9.17, 15) is 40.6 Å². The van der Waals surface area contributed by atoms with Crippen molar-refractivity contribution in [3.63, 3.8) is 0 Å². The zero-order chi connectivity index (χ0) is 27.3. The van der Waals surface area contributed by atoms with E-state index < -0.39 is 74.3 Å². The van der Waals surface area contributed by atoms with Gasteiger partial charge in [0, 0.05) is 36.0 Å². The Morgan fingerprint density at radius 2 is 1.94 bits per heavy atom. The van der Waals surface area contributed by atoms with Crippen molar-refractivity contribution in [1.82, 2.24) is 10.3 Å². The van der Waals surface area contributed by atoms with Gasteiger partial charge in [-0.15, -0.1) is 0 Å². The number of ether oxygens (including phenoxy) is 1. The molecule has 5 N–H and O–H groups in total. The monoisotopic (exact) mass is 529 g/mol. The van der Waals surface area contributed by atoms with Gasteiger partial charge in [0.1, 0.15) is 17.9 Å². The number of carbonyl (C=O) groups is 1. The third kappa shape index (κ3) is 6.44. The summed E-state index contributed by atoms with van der Waals surface area (Å²) >= 11 is 0. The maximum absolute atomic E-state index is 14.0. The summed E-state index contributed by atoms with van der Waals surface area (Å²) in [6.45, 7) is -2.73. The van der Waals surface area contributed by atoms with Crippen molar-refractivity contribution in [3.8, 4) is 6.07 Å². The van der Waals surface area contributed by atoms with Gasteiger partial charge in [-0.2, -0.15) is 31.6 Å². The molecule has 1 fully saturated rings. The molecular formula is C21H22F7N3O5. The number of nitrogens with zero attached hydrogens (tertiary/aromatic N) is 1. The molecule has 15 heteroatoms. The summed E-state index contributed by atoms with van der Waals surface area (Å²) in [7, 11) is 0. The smallest absolute Gasteiger partial charge is 0.454 e. The summed E-state index contributed by atoms with van der Waals surface area (Å²) in [6.07, 6.45) is -12.5.